The molecule has 15 heavy (non-hydrogen) atoms. The second-order valence-electron chi connectivity index (χ2n) is 4.06. The summed E-state index contributed by atoms with van der Waals surface area (Å²) in [6.07, 6.45) is 0.990. The largest absolute Gasteiger partial charge is 0.508 e. The summed E-state index contributed by atoms with van der Waals surface area (Å²) in [5.74, 6) is 1.32. The summed E-state index contributed by atoms with van der Waals surface area (Å²) in [4.78, 5) is 1.10. The van der Waals surface area contributed by atoms with Gasteiger partial charge in [0.2, 0.25) is 0 Å². The zero-order chi connectivity index (χ0) is 11.3. The zero-order valence-corrected chi connectivity index (χ0v) is 10.3. The molecule has 0 aromatic heterocycles. The van der Waals surface area contributed by atoms with Crippen molar-refractivity contribution < 1.29 is 9.84 Å². The maximum Gasteiger partial charge on any atom is 0.116 e. The van der Waals surface area contributed by atoms with E-state index >= 15 is 0 Å². The van der Waals surface area contributed by atoms with Crippen LogP contribution in [0.2, 0.25) is 0 Å². The minimum Gasteiger partial charge on any atom is -0.508 e. The molecule has 0 saturated heterocycles. The Labute approximate surface area is 95.7 Å². The van der Waals surface area contributed by atoms with Crippen molar-refractivity contribution in [1.29, 1.82) is 0 Å². The number of hydrogen-bond acceptors (Lipinski definition) is 3. The van der Waals surface area contributed by atoms with E-state index < -0.39 is 0 Å². The molecule has 1 aromatic carbocycles. The van der Waals surface area contributed by atoms with Crippen LogP contribution >= 0.6 is 11.8 Å². The maximum atomic E-state index is 9.28. The Balaban J connectivity index is 2.38. The number of ether oxygens (including phenoxy) is 1. The highest BCUT2D eigenvalue weighted by Crippen LogP contribution is 2.25. The lowest BCUT2D eigenvalue weighted by atomic mass is 10.1. The van der Waals surface area contributed by atoms with Crippen molar-refractivity contribution in [1.82, 2.24) is 0 Å². The van der Waals surface area contributed by atoms with Gasteiger partial charge in [0.05, 0.1) is 5.60 Å². The molecule has 0 aliphatic heterocycles. The van der Waals surface area contributed by atoms with E-state index in [9.17, 15) is 5.11 Å². The van der Waals surface area contributed by atoms with Crippen LogP contribution in [0, 0.1) is 0 Å². The van der Waals surface area contributed by atoms with Crippen molar-refractivity contribution in [2.24, 2.45) is 0 Å². The van der Waals surface area contributed by atoms with Gasteiger partial charge in [-0.25, -0.2) is 0 Å². The first-order valence-electron chi connectivity index (χ1n) is 5.00. The van der Waals surface area contributed by atoms with Gasteiger partial charge in [-0.3, -0.25) is 0 Å². The fourth-order valence-electron chi connectivity index (χ4n) is 1.09. The van der Waals surface area contributed by atoms with Crippen LogP contribution in [0.3, 0.4) is 0 Å². The number of methoxy groups -OCH3 is 1. The van der Waals surface area contributed by atoms with Crippen LogP contribution in [-0.2, 0) is 4.74 Å². The predicted octanol–water partition coefficient (Wildman–Crippen LogP) is 3.30. The summed E-state index contributed by atoms with van der Waals surface area (Å²) in [5, 5.41) is 9.28. The van der Waals surface area contributed by atoms with E-state index in [1.165, 1.54) is 0 Å². The number of hydrogen-bond donors (Lipinski definition) is 1. The Bertz CT molecular complexity index is 310. The molecule has 1 N–H and O–H groups in total. The highest BCUT2D eigenvalue weighted by Gasteiger charge is 2.15. The van der Waals surface area contributed by atoms with Gasteiger partial charge in [0.25, 0.3) is 0 Å². The summed E-state index contributed by atoms with van der Waals surface area (Å²) in [6, 6.07) is 7.33. The number of thioether (sulfide) groups is 1. The smallest absolute Gasteiger partial charge is 0.116 e. The molecule has 1 rings (SSSR count). The predicted molar refractivity (Wildman–Crippen MR) is 64.5 cm³/mol. The zero-order valence-electron chi connectivity index (χ0n) is 9.49. The van der Waals surface area contributed by atoms with Crippen LogP contribution < -0.4 is 0 Å². The van der Waals surface area contributed by atoms with Crippen LogP contribution in [0.25, 0.3) is 0 Å². The van der Waals surface area contributed by atoms with E-state index in [-0.39, 0.29) is 5.60 Å². The molecule has 1 aromatic rings. The monoisotopic (exact) mass is 226 g/mol. The van der Waals surface area contributed by atoms with Gasteiger partial charge < -0.3 is 9.84 Å². The lowest BCUT2D eigenvalue weighted by Crippen LogP contribution is -2.22. The van der Waals surface area contributed by atoms with Crippen LogP contribution in [0.5, 0.6) is 5.75 Å². The van der Waals surface area contributed by atoms with Gasteiger partial charge in [0.1, 0.15) is 5.75 Å². The molecule has 0 aliphatic carbocycles. The normalized spacial score (nSPS) is 11.7. The van der Waals surface area contributed by atoms with Gasteiger partial charge >= 0.3 is 0 Å². The van der Waals surface area contributed by atoms with Gasteiger partial charge in [-0.15, -0.1) is 11.8 Å². The molecule has 0 amide bonds. The molecule has 0 heterocycles. The molecule has 2 nitrogen and oxygen atoms in total. The minimum atomic E-state index is -0.0656. The molecular formula is C12H18O2S. The molecule has 0 atom stereocenters. The Morgan fingerprint density at radius 3 is 2.73 bits per heavy atom. The second kappa shape index (κ2) is 5.42. The van der Waals surface area contributed by atoms with E-state index in [0.717, 1.165) is 17.1 Å². The summed E-state index contributed by atoms with van der Waals surface area (Å²) in [6.45, 7) is 4.16. The third kappa shape index (κ3) is 4.58. The van der Waals surface area contributed by atoms with Gasteiger partial charge in [0.15, 0.2) is 0 Å². The molecule has 0 saturated carbocycles. The molecule has 0 spiro atoms. The van der Waals surface area contributed by atoms with Crippen molar-refractivity contribution in [3.05, 3.63) is 24.3 Å². The minimum absolute atomic E-state index is 0.0656. The third-order valence-electron chi connectivity index (χ3n) is 2.34. The van der Waals surface area contributed by atoms with Crippen molar-refractivity contribution >= 4 is 11.8 Å². The Kier molecular flexibility index (Phi) is 4.48. The van der Waals surface area contributed by atoms with Crippen molar-refractivity contribution in [2.45, 2.75) is 30.8 Å². The number of rotatable bonds is 5. The summed E-state index contributed by atoms with van der Waals surface area (Å²) < 4.78 is 5.34. The lowest BCUT2D eigenvalue weighted by molar-refractivity contribution is 0.0207. The van der Waals surface area contributed by atoms with Crippen molar-refractivity contribution in [2.75, 3.05) is 12.9 Å². The quantitative estimate of drug-likeness (QED) is 0.781. The molecular weight excluding hydrogens is 208 g/mol. The van der Waals surface area contributed by atoms with E-state index in [4.69, 9.17) is 4.74 Å². The SMILES string of the molecule is COC(C)(C)CCSc1cccc(O)c1. The lowest BCUT2D eigenvalue weighted by Gasteiger charge is -2.22. The first kappa shape index (κ1) is 12.4. The molecule has 0 fully saturated rings. The van der Waals surface area contributed by atoms with Crippen molar-refractivity contribution in [3.8, 4) is 5.75 Å². The summed E-state index contributed by atoms with van der Waals surface area (Å²) in [5.41, 5.74) is -0.0656. The number of aromatic hydroxyl groups is 1. The maximum absolute atomic E-state index is 9.28. The second-order valence-corrected chi connectivity index (χ2v) is 5.23. The number of benzene rings is 1. The number of phenols is 1. The third-order valence-corrected chi connectivity index (χ3v) is 3.34. The van der Waals surface area contributed by atoms with Crippen LogP contribution in [0.15, 0.2) is 29.2 Å². The molecule has 0 bridgehead atoms. The highest BCUT2D eigenvalue weighted by molar-refractivity contribution is 7.99. The molecule has 0 radical (unpaired) electrons. The fourth-order valence-corrected chi connectivity index (χ4v) is 2.30. The molecule has 0 aliphatic rings. The van der Waals surface area contributed by atoms with Gasteiger partial charge in [0, 0.05) is 17.8 Å². The summed E-state index contributed by atoms with van der Waals surface area (Å²) >= 11 is 1.74. The van der Waals surface area contributed by atoms with E-state index in [1.807, 2.05) is 12.1 Å². The average molecular weight is 226 g/mol. The first-order chi connectivity index (χ1) is 7.03. The van der Waals surface area contributed by atoms with Gasteiger partial charge in [-0.1, -0.05) is 6.07 Å². The van der Waals surface area contributed by atoms with Gasteiger partial charge in [-0.05, 0) is 38.5 Å². The molecule has 84 valence electrons. The molecule has 0 unspecified atom stereocenters. The average Bonchev–Trinajstić information content (AvgIpc) is 2.18. The fraction of sp³-hybridized carbons (Fsp3) is 0.500. The first-order valence-corrected chi connectivity index (χ1v) is 5.99. The Hall–Kier alpha value is -0.670. The Morgan fingerprint density at radius 1 is 1.40 bits per heavy atom. The molecule has 3 heteroatoms. The van der Waals surface area contributed by atoms with E-state index in [0.29, 0.717) is 5.75 Å². The van der Waals surface area contributed by atoms with E-state index in [1.54, 1.807) is 31.0 Å². The van der Waals surface area contributed by atoms with Crippen LogP contribution in [0.1, 0.15) is 20.3 Å². The van der Waals surface area contributed by atoms with Crippen LogP contribution in [-0.4, -0.2) is 23.6 Å². The van der Waals surface area contributed by atoms with Crippen LogP contribution in [0.4, 0.5) is 0 Å². The highest BCUT2D eigenvalue weighted by atomic mass is 32.2. The standard InChI is InChI=1S/C12H18O2S/c1-12(2,14-3)7-8-15-11-6-4-5-10(13)9-11/h4-6,9,13H,7-8H2,1-3H3. The number of phenolic OH excluding ortho intramolecular Hbond substituents is 1. The summed E-state index contributed by atoms with van der Waals surface area (Å²) in [7, 11) is 1.74. The van der Waals surface area contributed by atoms with E-state index in [2.05, 4.69) is 13.8 Å². The van der Waals surface area contributed by atoms with Gasteiger partial charge in [-0.2, -0.15) is 0 Å². The van der Waals surface area contributed by atoms with Crippen molar-refractivity contribution in [3.63, 3.8) is 0 Å². The topological polar surface area (TPSA) is 29.5 Å². The Morgan fingerprint density at radius 2 is 2.13 bits per heavy atom.